The third-order valence-electron chi connectivity index (χ3n) is 4.54. The molecule has 0 aliphatic carbocycles. The molecule has 0 amide bonds. The third kappa shape index (κ3) is 22.5. The average Bonchev–Trinajstić information content (AvgIpc) is 2.82. The summed E-state index contributed by atoms with van der Waals surface area (Å²) < 4.78 is 25.5. The number of esters is 1. The highest BCUT2D eigenvalue weighted by molar-refractivity contribution is 7.47. The molecule has 0 saturated heterocycles. The number of carbonyl (C=O) groups excluding carboxylic acids is 1. The fraction of sp³-hybridized carbons (Fsp3) is 0.708. The normalized spacial score (nSPS) is 15.8. The van der Waals surface area contributed by atoms with E-state index in [1.54, 1.807) is 0 Å². The van der Waals surface area contributed by atoms with Gasteiger partial charge < -0.3 is 24.9 Å². The van der Waals surface area contributed by atoms with E-state index in [1.165, 1.54) is 0 Å². The smallest absolute Gasteiger partial charge is 0.463 e. The number of unbranched alkanes of at least 4 members (excludes halogenated alkanes) is 5. The molecule has 0 aromatic carbocycles. The van der Waals surface area contributed by atoms with Crippen molar-refractivity contribution in [3.63, 3.8) is 0 Å². The molecule has 9 nitrogen and oxygen atoms in total. The van der Waals surface area contributed by atoms with Crippen LogP contribution in [0.25, 0.3) is 0 Å². The molecule has 0 fully saturated rings. The van der Waals surface area contributed by atoms with Crippen molar-refractivity contribution in [2.24, 2.45) is 0 Å². The van der Waals surface area contributed by atoms with E-state index in [2.05, 4.69) is 52.4 Å². The van der Waals surface area contributed by atoms with Crippen molar-refractivity contribution in [1.29, 1.82) is 0 Å². The van der Waals surface area contributed by atoms with E-state index < -0.39 is 45.8 Å². The van der Waals surface area contributed by atoms with E-state index >= 15 is 0 Å². The minimum Gasteiger partial charge on any atom is -0.463 e. The predicted octanol–water partition coefficient (Wildman–Crippen LogP) is 3.97. The number of allylic oxidation sites excluding steroid dienone is 6. The molecular weight excluding hydrogens is 463 g/mol. The highest BCUT2D eigenvalue weighted by Crippen LogP contribution is 2.43. The standard InChI is InChI=1S/C24H43O9P/c1-2-3-4-5-6-7-8-9-10-11-12-13-14-15-16-17-24(28)31-19-23(27)21-33-34(29,30)32-20-22(26)18-25/h3-4,6-7,9-10,22-23,25-27H,2,5,8,11-21H2,1H3,(H,29,30)/b4-3-,7-6-,10-9-. The van der Waals surface area contributed by atoms with Crippen LogP contribution in [0.3, 0.4) is 0 Å². The van der Waals surface area contributed by atoms with E-state index in [0.717, 1.165) is 51.4 Å². The van der Waals surface area contributed by atoms with Crippen LogP contribution in [-0.2, 0) is 23.1 Å². The third-order valence-corrected chi connectivity index (χ3v) is 5.49. The van der Waals surface area contributed by atoms with Crippen LogP contribution in [0.2, 0.25) is 0 Å². The van der Waals surface area contributed by atoms with E-state index in [-0.39, 0.29) is 13.0 Å². The van der Waals surface area contributed by atoms with Crippen molar-refractivity contribution in [3.05, 3.63) is 36.5 Å². The minimum absolute atomic E-state index is 0.244. The zero-order valence-corrected chi connectivity index (χ0v) is 21.2. The average molecular weight is 507 g/mol. The van der Waals surface area contributed by atoms with Crippen LogP contribution < -0.4 is 0 Å². The number of ether oxygens (including phenoxy) is 1. The van der Waals surface area contributed by atoms with Crippen molar-refractivity contribution in [1.82, 2.24) is 0 Å². The number of hydrogen-bond donors (Lipinski definition) is 4. The summed E-state index contributed by atoms with van der Waals surface area (Å²) in [6.45, 7) is -0.0561. The quantitative estimate of drug-likeness (QED) is 0.0742. The minimum atomic E-state index is -4.49. The van der Waals surface area contributed by atoms with Gasteiger partial charge in [-0.2, -0.15) is 0 Å². The number of phosphoric ester groups is 1. The maximum Gasteiger partial charge on any atom is 0.472 e. The van der Waals surface area contributed by atoms with Crippen LogP contribution in [0.15, 0.2) is 36.5 Å². The maximum atomic E-state index is 11.7. The maximum absolute atomic E-state index is 11.7. The summed E-state index contributed by atoms with van der Waals surface area (Å²) in [6, 6.07) is 0. The van der Waals surface area contributed by atoms with Crippen LogP contribution in [0.5, 0.6) is 0 Å². The first-order chi connectivity index (χ1) is 16.3. The van der Waals surface area contributed by atoms with Crippen LogP contribution in [-0.4, -0.2) is 64.8 Å². The summed E-state index contributed by atoms with van der Waals surface area (Å²) in [5, 5.41) is 27.4. The number of hydrogen-bond acceptors (Lipinski definition) is 8. The molecular formula is C24H43O9P. The van der Waals surface area contributed by atoms with E-state index in [1.807, 2.05) is 0 Å². The fourth-order valence-corrected chi connectivity index (χ4v) is 3.44. The highest BCUT2D eigenvalue weighted by atomic mass is 31.2. The Hall–Kier alpha value is -1.32. The summed E-state index contributed by atoms with van der Waals surface area (Å²) in [5.74, 6) is -0.449. The molecule has 0 saturated carbocycles. The van der Waals surface area contributed by atoms with Gasteiger partial charge in [-0.15, -0.1) is 0 Å². The van der Waals surface area contributed by atoms with Crippen LogP contribution in [0.4, 0.5) is 0 Å². The van der Waals surface area contributed by atoms with Crippen LogP contribution in [0.1, 0.15) is 71.1 Å². The highest BCUT2D eigenvalue weighted by Gasteiger charge is 2.24. The molecule has 0 aliphatic rings. The SMILES string of the molecule is CC/C=C\C/C=C\C/C=C\CCCCCCCC(=O)OCC(O)COP(=O)(O)OCC(O)CO. The number of rotatable bonds is 22. The lowest BCUT2D eigenvalue weighted by Crippen LogP contribution is -2.24. The molecule has 0 aromatic rings. The van der Waals surface area contributed by atoms with Gasteiger partial charge in [-0.1, -0.05) is 62.6 Å². The lowest BCUT2D eigenvalue weighted by atomic mass is 10.1. The van der Waals surface area contributed by atoms with Gasteiger partial charge in [0, 0.05) is 6.42 Å². The molecule has 0 rings (SSSR count). The molecule has 10 heteroatoms. The molecule has 0 spiro atoms. The summed E-state index contributed by atoms with van der Waals surface area (Å²) >= 11 is 0. The largest absolute Gasteiger partial charge is 0.472 e. The van der Waals surface area contributed by atoms with Gasteiger partial charge in [0.15, 0.2) is 0 Å². The first kappa shape index (κ1) is 32.7. The number of aliphatic hydroxyl groups excluding tert-OH is 3. The van der Waals surface area contributed by atoms with Gasteiger partial charge in [0.2, 0.25) is 0 Å². The van der Waals surface area contributed by atoms with E-state index in [0.29, 0.717) is 6.42 Å². The fourth-order valence-electron chi connectivity index (χ4n) is 2.65. The number of aliphatic hydroxyl groups is 3. The summed E-state index contributed by atoms with van der Waals surface area (Å²) in [6.07, 6.45) is 19.7. The Kier molecular flexibility index (Phi) is 21.3. The summed E-state index contributed by atoms with van der Waals surface area (Å²) in [5.41, 5.74) is 0. The van der Waals surface area contributed by atoms with Crippen LogP contribution >= 0.6 is 7.82 Å². The Balaban J connectivity index is 3.64. The molecule has 34 heavy (non-hydrogen) atoms. The van der Waals surface area contributed by atoms with Gasteiger partial charge in [-0.25, -0.2) is 4.57 Å². The van der Waals surface area contributed by atoms with Gasteiger partial charge in [0.1, 0.15) is 18.8 Å². The molecule has 0 radical (unpaired) electrons. The monoisotopic (exact) mass is 506 g/mol. The predicted molar refractivity (Wildman–Crippen MR) is 131 cm³/mol. The van der Waals surface area contributed by atoms with Crippen molar-refractivity contribution >= 4 is 13.8 Å². The number of carbonyl (C=O) groups is 1. The second-order valence-electron chi connectivity index (χ2n) is 7.83. The van der Waals surface area contributed by atoms with E-state index in [4.69, 9.17) is 14.9 Å². The first-order valence-electron chi connectivity index (χ1n) is 12.0. The molecule has 0 aromatic heterocycles. The Morgan fingerprint density at radius 2 is 1.38 bits per heavy atom. The van der Waals surface area contributed by atoms with Gasteiger partial charge in [0.25, 0.3) is 0 Å². The first-order valence-corrected chi connectivity index (χ1v) is 13.5. The summed E-state index contributed by atoms with van der Waals surface area (Å²) in [4.78, 5) is 21.1. The van der Waals surface area contributed by atoms with Gasteiger partial charge in [-0.05, 0) is 38.5 Å². The lowest BCUT2D eigenvalue weighted by Gasteiger charge is -2.16. The lowest BCUT2D eigenvalue weighted by molar-refractivity contribution is -0.147. The topological polar surface area (TPSA) is 143 Å². The van der Waals surface area contributed by atoms with Crippen molar-refractivity contribution in [3.8, 4) is 0 Å². The van der Waals surface area contributed by atoms with Crippen molar-refractivity contribution in [2.45, 2.75) is 83.3 Å². The molecule has 0 aliphatic heterocycles. The Bertz CT molecular complexity index is 634. The Labute approximate surface area is 203 Å². The molecule has 198 valence electrons. The molecule has 3 atom stereocenters. The Morgan fingerprint density at radius 1 is 0.824 bits per heavy atom. The van der Waals surface area contributed by atoms with Gasteiger partial charge in [-0.3, -0.25) is 13.8 Å². The molecule has 4 N–H and O–H groups in total. The van der Waals surface area contributed by atoms with Crippen LogP contribution in [0, 0.1) is 0 Å². The summed E-state index contributed by atoms with van der Waals surface area (Å²) in [7, 11) is -4.49. The number of phosphoric acid groups is 1. The van der Waals surface area contributed by atoms with E-state index in [9.17, 15) is 19.4 Å². The van der Waals surface area contributed by atoms with Gasteiger partial charge in [0.05, 0.1) is 19.8 Å². The zero-order chi connectivity index (χ0) is 25.5. The molecule has 0 bridgehead atoms. The molecule has 0 heterocycles. The zero-order valence-electron chi connectivity index (χ0n) is 20.3. The molecule has 3 unspecified atom stereocenters. The second kappa shape index (κ2) is 22.2. The van der Waals surface area contributed by atoms with Gasteiger partial charge >= 0.3 is 13.8 Å². The second-order valence-corrected chi connectivity index (χ2v) is 9.29. The van der Waals surface area contributed by atoms with Crippen molar-refractivity contribution in [2.75, 3.05) is 26.4 Å². The Morgan fingerprint density at radius 3 is 2.03 bits per heavy atom. The van der Waals surface area contributed by atoms with Crippen molar-refractivity contribution < 1.29 is 43.4 Å².